The summed E-state index contributed by atoms with van der Waals surface area (Å²) in [6.07, 6.45) is 8.68. The molecular weight excluding hydrogens is 412 g/mol. The van der Waals surface area contributed by atoms with E-state index in [1.54, 1.807) is 19.5 Å². The first-order chi connectivity index (χ1) is 15.3. The maximum absolute atomic E-state index is 12.4. The summed E-state index contributed by atoms with van der Waals surface area (Å²) < 4.78 is 12.0. The molecule has 0 atom stereocenters. The van der Waals surface area contributed by atoms with Crippen LogP contribution in [0, 0.1) is 0 Å². The topological polar surface area (TPSA) is 79.6 Å². The normalized spacial score (nSPS) is 13.8. The van der Waals surface area contributed by atoms with Crippen LogP contribution in [-0.4, -0.2) is 66.2 Å². The zero-order chi connectivity index (χ0) is 23.3. The van der Waals surface area contributed by atoms with Crippen LogP contribution in [0.15, 0.2) is 48.4 Å². The third kappa shape index (κ3) is 5.61. The second-order valence-electron chi connectivity index (χ2n) is 8.15. The molecule has 9 heteroatoms. The Morgan fingerprint density at radius 3 is 2.75 bits per heavy atom. The minimum absolute atomic E-state index is 0.237. The van der Waals surface area contributed by atoms with Crippen molar-refractivity contribution in [3.63, 3.8) is 0 Å². The number of allylic oxidation sites excluding steroid dienone is 1. The van der Waals surface area contributed by atoms with Gasteiger partial charge in [0.25, 0.3) is 0 Å². The molecule has 2 heterocycles. The van der Waals surface area contributed by atoms with E-state index in [4.69, 9.17) is 14.3 Å². The van der Waals surface area contributed by atoms with Crippen molar-refractivity contribution in [1.82, 2.24) is 14.5 Å². The van der Waals surface area contributed by atoms with Crippen LogP contribution in [0.3, 0.4) is 0 Å². The highest BCUT2D eigenvalue weighted by Crippen LogP contribution is 2.27. The molecule has 1 aliphatic heterocycles. The molecule has 174 valence electrons. The molecule has 0 bridgehead atoms. The number of carbonyl (C=O) groups is 1. The third-order valence-corrected chi connectivity index (χ3v) is 5.22. The summed E-state index contributed by atoms with van der Waals surface area (Å²) in [6, 6.07) is 5.81. The number of likely N-dealkylation sites (N-methyl/N-ethyl adjacent to an activating group) is 1. The number of rotatable bonds is 10. The summed E-state index contributed by atoms with van der Waals surface area (Å²) in [5.41, 5.74) is 2.29. The number of hydrogen-bond donors (Lipinski definition) is 1. The molecule has 9 nitrogen and oxygen atoms in total. The highest BCUT2D eigenvalue weighted by atomic mass is 16.9. The van der Waals surface area contributed by atoms with Gasteiger partial charge in [0, 0.05) is 43.0 Å². The average Bonchev–Trinajstić information content (AvgIpc) is 3.15. The van der Waals surface area contributed by atoms with Gasteiger partial charge in [0.1, 0.15) is 5.75 Å². The Bertz CT molecular complexity index is 996. The number of carbonyl (C=O) groups excluding carboxylic acids is 1. The molecule has 0 saturated carbocycles. The van der Waals surface area contributed by atoms with Crippen LogP contribution >= 0.6 is 0 Å². The van der Waals surface area contributed by atoms with Crippen LogP contribution in [0.25, 0.3) is 10.9 Å². The predicted octanol–water partition coefficient (Wildman–Crippen LogP) is 3.03. The van der Waals surface area contributed by atoms with E-state index in [-0.39, 0.29) is 6.04 Å². The van der Waals surface area contributed by atoms with Gasteiger partial charge in [0.2, 0.25) is 6.79 Å². The predicted molar refractivity (Wildman–Crippen MR) is 122 cm³/mol. The number of hydrogen-bond acceptors (Lipinski definition) is 8. The minimum Gasteiger partial charge on any atom is -0.497 e. The third-order valence-electron chi connectivity index (χ3n) is 5.22. The lowest BCUT2D eigenvalue weighted by Gasteiger charge is -2.24. The SMILES string of the molecule is COc1ccc2c(c1)c(CCN(C)C)cn2N(O)OCOC(=O)C1=CN(C(C)C)C=CC1. The molecule has 0 radical (unpaired) electrons. The van der Waals surface area contributed by atoms with E-state index in [2.05, 4.69) is 4.90 Å². The van der Waals surface area contributed by atoms with Crippen molar-refractivity contribution in [2.45, 2.75) is 32.7 Å². The van der Waals surface area contributed by atoms with Crippen molar-refractivity contribution in [3.05, 3.63) is 54.0 Å². The van der Waals surface area contributed by atoms with E-state index in [1.807, 2.05) is 63.3 Å². The van der Waals surface area contributed by atoms with Crippen LogP contribution in [0.5, 0.6) is 5.75 Å². The number of nitrogens with zero attached hydrogens (tertiary/aromatic N) is 4. The van der Waals surface area contributed by atoms with E-state index in [1.165, 1.54) is 4.68 Å². The summed E-state index contributed by atoms with van der Waals surface area (Å²) >= 11 is 0. The maximum Gasteiger partial charge on any atom is 0.337 e. The lowest BCUT2D eigenvalue weighted by atomic mass is 10.1. The molecule has 0 fully saturated rings. The van der Waals surface area contributed by atoms with Gasteiger partial charge in [0.05, 0.1) is 18.2 Å². The van der Waals surface area contributed by atoms with Gasteiger partial charge in [-0.15, -0.1) is 0 Å². The summed E-state index contributed by atoms with van der Waals surface area (Å²) in [6.45, 7) is 4.48. The lowest BCUT2D eigenvalue weighted by molar-refractivity contribution is -0.179. The van der Waals surface area contributed by atoms with E-state index < -0.39 is 12.8 Å². The highest BCUT2D eigenvalue weighted by Gasteiger charge is 2.18. The molecule has 3 rings (SSSR count). The Kier molecular flexibility index (Phi) is 7.79. The molecular formula is C23H32N4O5. The van der Waals surface area contributed by atoms with Crippen molar-refractivity contribution in [3.8, 4) is 5.75 Å². The fourth-order valence-electron chi connectivity index (χ4n) is 3.39. The molecule has 0 aliphatic carbocycles. The van der Waals surface area contributed by atoms with Gasteiger partial charge < -0.3 is 19.3 Å². The Morgan fingerprint density at radius 1 is 1.28 bits per heavy atom. The van der Waals surface area contributed by atoms with Crippen LogP contribution in [0.2, 0.25) is 0 Å². The van der Waals surface area contributed by atoms with Crippen LogP contribution in [-0.2, 0) is 20.8 Å². The van der Waals surface area contributed by atoms with Gasteiger partial charge >= 0.3 is 5.97 Å². The molecule has 1 aliphatic rings. The van der Waals surface area contributed by atoms with Gasteiger partial charge in [-0.05, 0) is 63.5 Å². The highest BCUT2D eigenvalue weighted by molar-refractivity contribution is 5.89. The van der Waals surface area contributed by atoms with E-state index in [0.717, 1.165) is 35.2 Å². The fraction of sp³-hybridized carbons (Fsp3) is 0.435. The van der Waals surface area contributed by atoms with E-state index in [0.29, 0.717) is 17.3 Å². The molecule has 0 spiro atoms. The molecule has 32 heavy (non-hydrogen) atoms. The molecule has 0 saturated heterocycles. The quantitative estimate of drug-likeness (QED) is 0.340. The second kappa shape index (κ2) is 10.5. The Hall–Kier alpha value is -3.01. The number of esters is 1. The number of benzene rings is 1. The average molecular weight is 445 g/mol. The zero-order valence-electron chi connectivity index (χ0n) is 19.3. The molecule has 0 unspecified atom stereocenters. The summed E-state index contributed by atoms with van der Waals surface area (Å²) in [5, 5.41) is 12.0. The lowest BCUT2D eigenvalue weighted by Crippen LogP contribution is -2.32. The van der Waals surface area contributed by atoms with Crippen molar-refractivity contribution in [2.24, 2.45) is 0 Å². The van der Waals surface area contributed by atoms with Gasteiger partial charge in [-0.3, -0.25) is 0 Å². The smallest absolute Gasteiger partial charge is 0.337 e. The summed E-state index contributed by atoms with van der Waals surface area (Å²) in [4.78, 5) is 21.7. The van der Waals surface area contributed by atoms with Crippen LogP contribution < -0.4 is 10.1 Å². The maximum atomic E-state index is 12.4. The molecule has 1 N–H and O–H groups in total. The van der Waals surface area contributed by atoms with E-state index in [9.17, 15) is 10.0 Å². The van der Waals surface area contributed by atoms with Crippen molar-refractivity contribution in [2.75, 3.05) is 39.9 Å². The minimum atomic E-state index is -0.484. The Morgan fingerprint density at radius 2 is 2.06 bits per heavy atom. The Balaban J connectivity index is 1.67. The standard InChI is InChI=1S/C23H32N4O5/c1-17(2)25-11-6-7-19(14-25)23(28)31-16-32-27(29)26-15-18(10-12-24(3)4)21-13-20(30-5)8-9-22(21)26/h6,8-9,11,13-15,17,29H,7,10,12,16H2,1-5H3. The largest absolute Gasteiger partial charge is 0.497 e. The monoisotopic (exact) mass is 444 g/mol. The number of fused-ring (bicyclic) bond motifs is 1. The first-order valence-corrected chi connectivity index (χ1v) is 10.6. The van der Waals surface area contributed by atoms with Gasteiger partial charge in [-0.25, -0.2) is 14.7 Å². The van der Waals surface area contributed by atoms with Crippen molar-refractivity contribution >= 4 is 16.9 Å². The number of aromatic nitrogens is 1. The molecule has 2 aromatic rings. The Labute approximate surface area is 188 Å². The van der Waals surface area contributed by atoms with Gasteiger partial charge in [-0.2, -0.15) is 4.84 Å². The van der Waals surface area contributed by atoms with Crippen molar-refractivity contribution < 1.29 is 24.3 Å². The van der Waals surface area contributed by atoms with E-state index >= 15 is 0 Å². The first kappa shape index (κ1) is 23.6. The summed E-state index contributed by atoms with van der Waals surface area (Å²) in [7, 11) is 5.63. The fourth-order valence-corrected chi connectivity index (χ4v) is 3.39. The van der Waals surface area contributed by atoms with Crippen molar-refractivity contribution in [1.29, 1.82) is 0 Å². The summed E-state index contributed by atoms with van der Waals surface area (Å²) in [5.74, 6) is 0.244. The number of methoxy groups -OCH3 is 1. The molecule has 1 aromatic carbocycles. The second-order valence-corrected chi connectivity index (χ2v) is 8.15. The molecule has 0 amide bonds. The van der Waals surface area contributed by atoms with Gasteiger partial charge in [0.15, 0.2) is 0 Å². The van der Waals surface area contributed by atoms with Crippen LogP contribution in [0.1, 0.15) is 25.8 Å². The van der Waals surface area contributed by atoms with Gasteiger partial charge in [-0.1, -0.05) is 6.08 Å². The first-order valence-electron chi connectivity index (χ1n) is 10.6. The molecule has 1 aromatic heterocycles. The zero-order valence-corrected chi connectivity index (χ0v) is 19.3. The number of ether oxygens (including phenoxy) is 2. The van der Waals surface area contributed by atoms with Crippen LogP contribution in [0.4, 0.5) is 0 Å².